The molecular weight excluding hydrogens is 394 g/mol. The highest BCUT2D eigenvalue weighted by atomic mass is 32.2. The minimum Gasteiger partial charge on any atom is -0.484 e. The Morgan fingerprint density at radius 3 is 2.41 bits per heavy atom. The first-order valence-corrected chi connectivity index (χ1v) is 10.5. The van der Waals surface area contributed by atoms with Crippen LogP contribution in [0.4, 0.5) is 11.4 Å². The van der Waals surface area contributed by atoms with Crippen LogP contribution in [0.5, 0.6) is 5.75 Å². The molecule has 0 spiro atoms. The Bertz CT molecular complexity index is 987. The molecule has 154 valence electrons. The molecule has 2 N–H and O–H groups in total. The van der Waals surface area contributed by atoms with Gasteiger partial charge in [-0.15, -0.1) is 6.58 Å². The van der Waals surface area contributed by atoms with E-state index in [1.807, 2.05) is 0 Å². The number of rotatable bonds is 9. The van der Waals surface area contributed by atoms with E-state index in [0.29, 0.717) is 29.2 Å². The zero-order valence-corrected chi connectivity index (χ0v) is 17.0. The fourth-order valence-electron chi connectivity index (χ4n) is 2.33. The summed E-state index contributed by atoms with van der Waals surface area (Å²) >= 11 is 0. The van der Waals surface area contributed by atoms with E-state index in [4.69, 9.17) is 4.74 Å². The van der Waals surface area contributed by atoms with Gasteiger partial charge < -0.3 is 15.4 Å². The number of benzene rings is 2. The van der Waals surface area contributed by atoms with E-state index in [9.17, 15) is 18.0 Å². The number of para-hydroxylation sites is 1. The molecule has 2 aromatic carbocycles. The zero-order chi connectivity index (χ0) is 21.4. The molecule has 0 aromatic heterocycles. The Morgan fingerprint density at radius 1 is 1.14 bits per heavy atom. The van der Waals surface area contributed by atoms with Crippen LogP contribution in [0.15, 0.2) is 61.2 Å². The van der Waals surface area contributed by atoms with Gasteiger partial charge in [-0.2, -0.15) is 0 Å². The van der Waals surface area contributed by atoms with Gasteiger partial charge in [0, 0.05) is 13.6 Å². The van der Waals surface area contributed by atoms with Crippen molar-refractivity contribution < 1.29 is 22.7 Å². The van der Waals surface area contributed by atoms with Crippen molar-refractivity contribution in [3.63, 3.8) is 0 Å². The molecule has 0 aliphatic heterocycles. The van der Waals surface area contributed by atoms with Crippen LogP contribution in [0.25, 0.3) is 0 Å². The fourth-order valence-corrected chi connectivity index (χ4v) is 2.83. The third kappa shape index (κ3) is 6.35. The number of hydrogen-bond donors (Lipinski definition) is 2. The maximum atomic E-state index is 12.2. The number of carbonyl (C=O) groups is 2. The highest BCUT2D eigenvalue weighted by Gasteiger charge is 2.14. The number of sulfonamides is 1. The summed E-state index contributed by atoms with van der Waals surface area (Å²) in [5.41, 5.74) is 1.17. The lowest BCUT2D eigenvalue weighted by Gasteiger charge is -2.17. The number of carbonyl (C=O) groups excluding carboxylic acids is 2. The van der Waals surface area contributed by atoms with E-state index >= 15 is 0 Å². The molecule has 0 aliphatic rings. The van der Waals surface area contributed by atoms with E-state index in [0.717, 1.165) is 10.6 Å². The fraction of sp³-hybridized carbons (Fsp3) is 0.200. The van der Waals surface area contributed by atoms with E-state index in [1.54, 1.807) is 54.6 Å². The topological polar surface area (TPSA) is 105 Å². The minimum absolute atomic E-state index is 0.274. The normalized spacial score (nSPS) is 10.7. The molecule has 0 radical (unpaired) electrons. The van der Waals surface area contributed by atoms with Crippen molar-refractivity contribution in [2.45, 2.75) is 0 Å². The van der Waals surface area contributed by atoms with Crippen LogP contribution < -0.4 is 19.7 Å². The van der Waals surface area contributed by atoms with Crippen molar-refractivity contribution in [1.82, 2.24) is 5.32 Å². The van der Waals surface area contributed by atoms with Gasteiger partial charge >= 0.3 is 0 Å². The summed E-state index contributed by atoms with van der Waals surface area (Å²) in [6, 6.07) is 12.9. The first-order valence-electron chi connectivity index (χ1n) is 8.67. The Morgan fingerprint density at radius 2 is 1.79 bits per heavy atom. The number of amides is 2. The van der Waals surface area contributed by atoms with Crippen LogP contribution in [-0.4, -0.2) is 46.7 Å². The number of hydrogen-bond acceptors (Lipinski definition) is 5. The van der Waals surface area contributed by atoms with Crippen molar-refractivity contribution in [3.05, 3.63) is 66.7 Å². The van der Waals surface area contributed by atoms with Crippen LogP contribution in [0, 0.1) is 0 Å². The molecule has 0 fully saturated rings. The second kappa shape index (κ2) is 9.74. The first kappa shape index (κ1) is 22.0. The lowest BCUT2D eigenvalue weighted by Crippen LogP contribution is -2.26. The molecule has 2 rings (SSSR count). The maximum Gasteiger partial charge on any atom is 0.262 e. The number of nitrogens with zero attached hydrogens (tertiary/aromatic N) is 1. The largest absolute Gasteiger partial charge is 0.484 e. The lowest BCUT2D eigenvalue weighted by atomic mass is 10.1. The van der Waals surface area contributed by atoms with E-state index in [-0.39, 0.29) is 12.5 Å². The van der Waals surface area contributed by atoms with Crippen molar-refractivity contribution in [2.75, 3.05) is 36.1 Å². The summed E-state index contributed by atoms with van der Waals surface area (Å²) in [4.78, 5) is 24.4. The van der Waals surface area contributed by atoms with E-state index in [1.165, 1.54) is 7.05 Å². The van der Waals surface area contributed by atoms with Crippen molar-refractivity contribution in [3.8, 4) is 5.75 Å². The Hall–Kier alpha value is -3.33. The maximum absolute atomic E-state index is 12.2. The second-order valence-electron chi connectivity index (χ2n) is 6.11. The molecule has 2 amide bonds. The zero-order valence-electron chi connectivity index (χ0n) is 16.2. The molecule has 0 atom stereocenters. The minimum atomic E-state index is -3.36. The van der Waals surface area contributed by atoms with Crippen LogP contribution in [0.1, 0.15) is 10.4 Å². The quantitative estimate of drug-likeness (QED) is 0.608. The van der Waals surface area contributed by atoms with Gasteiger partial charge in [-0.3, -0.25) is 13.9 Å². The third-order valence-electron chi connectivity index (χ3n) is 3.92. The number of nitrogens with one attached hydrogen (secondary N) is 2. The second-order valence-corrected chi connectivity index (χ2v) is 8.12. The first-order chi connectivity index (χ1) is 13.7. The monoisotopic (exact) mass is 417 g/mol. The third-order valence-corrected chi connectivity index (χ3v) is 5.13. The van der Waals surface area contributed by atoms with Gasteiger partial charge in [0.05, 0.1) is 23.2 Å². The predicted molar refractivity (Wildman–Crippen MR) is 113 cm³/mol. The van der Waals surface area contributed by atoms with Crippen molar-refractivity contribution in [1.29, 1.82) is 0 Å². The molecular formula is C20H23N3O5S. The summed E-state index contributed by atoms with van der Waals surface area (Å²) in [6.07, 6.45) is 2.67. The molecule has 29 heavy (non-hydrogen) atoms. The Balaban J connectivity index is 1.97. The molecule has 8 nitrogen and oxygen atoms in total. The smallest absolute Gasteiger partial charge is 0.262 e. The molecule has 2 aromatic rings. The standard InChI is InChI=1S/C20H23N3O5S/c1-4-13-21-20(25)17-7-5-6-8-18(17)22-19(24)14-28-16-11-9-15(10-12-16)23(2)29(3,26)27/h4-12H,1,13-14H2,2-3H3,(H,21,25)(H,22,24). The lowest BCUT2D eigenvalue weighted by molar-refractivity contribution is -0.118. The average molecular weight is 417 g/mol. The summed E-state index contributed by atoms with van der Waals surface area (Å²) in [6.45, 7) is 3.58. The molecule has 0 saturated heterocycles. The number of ether oxygens (including phenoxy) is 1. The highest BCUT2D eigenvalue weighted by molar-refractivity contribution is 7.92. The van der Waals surface area contributed by atoms with Gasteiger partial charge in [-0.25, -0.2) is 8.42 Å². The Labute approximate surface area is 170 Å². The van der Waals surface area contributed by atoms with Gasteiger partial charge in [0.25, 0.3) is 11.8 Å². The van der Waals surface area contributed by atoms with Gasteiger partial charge in [-0.1, -0.05) is 18.2 Å². The Kier molecular flexibility index (Phi) is 7.38. The average Bonchev–Trinajstić information content (AvgIpc) is 2.70. The van der Waals surface area contributed by atoms with Crippen LogP contribution in [0.2, 0.25) is 0 Å². The van der Waals surface area contributed by atoms with Crippen LogP contribution >= 0.6 is 0 Å². The van der Waals surface area contributed by atoms with E-state index < -0.39 is 15.9 Å². The summed E-state index contributed by atoms with van der Waals surface area (Å²) in [5, 5.41) is 5.31. The van der Waals surface area contributed by atoms with Crippen molar-refractivity contribution >= 4 is 33.2 Å². The highest BCUT2D eigenvalue weighted by Crippen LogP contribution is 2.20. The van der Waals surface area contributed by atoms with Crippen LogP contribution in [0.3, 0.4) is 0 Å². The molecule has 0 aliphatic carbocycles. The summed E-state index contributed by atoms with van der Waals surface area (Å²) in [5.74, 6) is -0.360. The molecule has 0 unspecified atom stereocenters. The van der Waals surface area contributed by atoms with Gasteiger partial charge in [0.1, 0.15) is 5.75 Å². The number of anilines is 2. The molecule has 0 bridgehead atoms. The molecule has 0 saturated carbocycles. The van der Waals surface area contributed by atoms with Crippen molar-refractivity contribution in [2.24, 2.45) is 0 Å². The van der Waals surface area contributed by atoms with Crippen LogP contribution in [-0.2, 0) is 14.8 Å². The molecule has 9 heteroatoms. The summed E-state index contributed by atoms with van der Waals surface area (Å²) < 4.78 is 29.7. The predicted octanol–water partition coefficient (Wildman–Crippen LogP) is 2.02. The van der Waals surface area contributed by atoms with E-state index in [2.05, 4.69) is 17.2 Å². The summed E-state index contributed by atoms with van der Waals surface area (Å²) in [7, 11) is -1.91. The van der Waals surface area contributed by atoms with Gasteiger partial charge in [0.2, 0.25) is 10.0 Å². The van der Waals surface area contributed by atoms with Gasteiger partial charge in [-0.05, 0) is 36.4 Å². The SMILES string of the molecule is C=CCNC(=O)c1ccccc1NC(=O)COc1ccc(N(C)S(C)(=O)=O)cc1. The van der Waals surface area contributed by atoms with Gasteiger partial charge in [0.15, 0.2) is 6.61 Å². The molecule has 0 heterocycles.